The number of hydrogen-bond donors (Lipinski definition) is 2. The third-order valence-corrected chi connectivity index (χ3v) is 4.11. The van der Waals surface area contributed by atoms with E-state index in [1.54, 1.807) is 0 Å². The summed E-state index contributed by atoms with van der Waals surface area (Å²) >= 11 is 0. The second-order valence-electron chi connectivity index (χ2n) is 6.75. The van der Waals surface area contributed by atoms with Crippen LogP contribution in [-0.2, 0) is 4.79 Å². The number of aliphatic carboxylic acids is 1. The normalized spacial score (nSPS) is 14.9. The van der Waals surface area contributed by atoms with Crippen LogP contribution in [0.1, 0.15) is 67.2 Å². The lowest BCUT2D eigenvalue weighted by Crippen LogP contribution is -2.52. The Morgan fingerprint density at radius 3 is 2.24 bits per heavy atom. The molecule has 0 aliphatic rings. The van der Waals surface area contributed by atoms with Gasteiger partial charge in [0, 0.05) is 12.6 Å². The molecule has 21 heavy (non-hydrogen) atoms. The molecule has 0 amide bonds. The average molecular weight is 300 g/mol. The third-order valence-electron chi connectivity index (χ3n) is 4.11. The molecule has 0 heterocycles. The molecule has 0 saturated heterocycles. The Morgan fingerprint density at radius 1 is 1.24 bits per heavy atom. The number of hydrogen-bond acceptors (Lipinski definition) is 3. The van der Waals surface area contributed by atoms with Crippen LogP contribution in [-0.4, -0.2) is 47.2 Å². The molecule has 2 N–H and O–H groups in total. The van der Waals surface area contributed by atoms with E-state index in [1.165, 1.54) is 0 Å². The molecule has 0 bridgehead atoms. The van der Waals surface area contributed by atoms with Gasteiger partial charge in [-0.05, 0) is 58.5 Å². The van der Waals surface area contributed by atoms with Gasteiger partial charge in [-0.3, -0.25) is 4.79 Å². The number of nitrogens with zero attached hydrogens (tertiary/aromatic N) is 1. The Kier molecular flexibility index (Phi) is 9.88. The van der Waals surface area contributed by atoms with Crippen molar-refractivity contribution >= 4 is 5.97 Å². The van der Waals surface area contributed by atoms with E-state index >= 15 is 0 Å². The van der Waals surface area contributed by atoms with Crippen molar-refractivity contribution in [2.75, 3.05) is 19.6 Å². The minimum atomic E-state index is -0.753. The topological polar surface area (TPSA) is 52.6 Å². The van der Waals surface area contributed by atoms with Gasteiger partial charge in [-0.25, -0.2) is 0 Å². The van der Waals surface area contributed by atoms with Crippen LogP contribution in [0, 0.1) is 5.92 Å². The molecule has 0 rings (SSSR count). The molecule has 0 aromatic carbocycles. The highest BCUT2D eigenvalue weighted by atomic mass is 16.4. The predicted molar refractivity (Wildman–Crippen MR) is 89.7 cm³/mol. The van der Waals surface area contributed by atoms with Gasteiger partial charge >= 0.3 is 5.97 Å². The summed E-state index contributed by atoms with van der Waals surface area (Å²) in [4.78, 5) is 14.1. The van der Waals surface area contributed by atoms with Crippen LogP contribution < -0.4 is 5.32 Å². The van der Waals surface area contributed by atoms with E-state index in [4.69, 9.17) is 0 Å². The van der Waals surface area contributed by atoms with Crippen molar-refractivity contribution in [1.29, 1.82) is 0 Å². The molecule has 0 spiro atoms. The Hall–Kier alpha value is -0.610. The SMILES string of the molecule is CCCNC(CC)(CCCN(CC(C)C)C(C)C)C(=O)O. The zero-order valence-electron chi connectivity index (χ0n) is 14.9. The highest BCUT2D eigenvalue weighted by Gasteiger charge is 2.35. The molecule has 0 aliphatic heterocycles. The molecule has 0 fully saturated rings. The molecule has 126 valence electrons. The first-order chi connectivity index (χ1) is 9.79. The minimum absolute atomic E-state index is 0.511. The molecule has 0 aromatic heterocycles. The predicted octanol–water partition coefficient (Wildman–Crippen LogP) is 3.37. The van der Waals surface area contributed by atoms with Crippen LogP contribution in [0.5, 0.6) is 0 Å². The van der Waals surface area contributed by atoms with Crippen molar-refractivity contribution in [2.24, 2.45) is 5.92 Å². The molecule has 4 heteroatoms. The first-order valence-corrected chi connectivity index (χ1v) is 8.51. The molecule has 1 unspecified atom stereocenters. The fraction of sp³-hybridized carbons (Fsp3) is 0.941. The van der Waals surface area contributed by atoms with Gasteiger partial charge in [0.2, 0.25) is 0 Å². The van der Waals surface area contributed by atoms with E-state index in [-0.39, 0.29) is 0 Å². The van der Waals surface area contributed by atoms with Crippen LogP contribution >= 0.6 is 0 Å². The number of nitrogens with one attached hydrogen (secondary N) is 1. The Bertz CT molecular complexity index is 293. The zero-order valence-corrected chi connectivity index (χ0v) is 14.9. The highest BCUT2D eigenvalue weighted by molar-refractivity contribution is 5.78. The van der Waals surface area contributed by atoms with Gasteiger partial charge in [-0.15, -0.1) is 0 Å². The van der Waals surface area contributed by atoms with Gasteiger partial charge in [0.15, 0.2) is 0 Å². The zero-order chi connectivity index (χ0) is 16.5. The van der Waals surface area contributed by atoms with Crippen molar-refractivity contribution < 1.29 is 9.90 Å². The molecule has 1 atom stereocenters. The van der Waals surface area contributed by atoms with Crippen molar-refractivity contribution in [3.63, 3.8) is 0 Å². The van der Waals surface area contributed by atoms with Gasteiger partial charge < -0.3 is 15.3 Å². The highest BCUT2D eigenvalue weighted by Crippen LogP contribution is 2.19. The molecule has 0 radical (unpaired) electrons. The largest absolute Gasteiger partial charge is 0.480 e. The summed E-state index contributed by atoms with van der Waals surface area (Å²) in [5, 5.41) is 12.9. The van der Waals surface area contributed by atoms with Gasteiger partial charge in [0.1, 0.15) is 5.54 Å². The van der Waals surface area contributed by atoms with Gasteiger partial charge in [0.05, 0.1) is 0 Å². The van der Waals surface area contributed by atoms with Crippen molar-refractivity contribution in [1.82, 2.24) is 10.2 Å². The molecule has 4 nitrogen and oxygen atoms in total. The number of carboxylic acids is 1. The summed E-state index contributed by atoms with van der Waals surface area (Å²) in [5.41, 5.74) is -0.753. The minimum Gasteiger partial charge on any atom is -0.480 e. The van der Waals surface area contributed by atoms with Crippen molar-refractivity contribution in [2.45, 2.75) is 78.8 Å². The van der Waals surface area contributed by atoms with Crippen LogP contribution in [0.15, 0.2) is 0 Å². The van der Waals surface area contributed by atoms with Gasteiger partial charge in [-0.2, -0.15) is 0 Å². The number of carboxylic acid groups (broad SMARTS) is 1. The van der Waals surface area contributed by atoms with E-state index in [1.807, 2.05) is 6.92 Å². The maximum Gasteiger partial charge on any atom is 0.323 e. The molecular weight excluding hydrogens is 264 g/mol. The van der Waals surface area contributed by atoms with Crippen molar-refractivity contribution in [3.8, 4) is 0 Å². The summed E-state index contributed by atoms with van der Waals surface area (Å²) in [6.07, 6.45) is 3.20. The lowest BCUT2D eigenvalue weighted by molar-refractivity contribution is -0.145. The first kappa shape index (κ1) is 20.4. The van der Waals surface area contributed by atoms with Crippen molar-refractivity contribution in [3.05, 3.63) is 0 Å². The van der Waals surface area contributed by atoms with Crippen LogP contribution in [0.3, 0.4) is 0 Å². The van der Waals surface area contributed by atoms with Crippen LogP contribution in [0.4, 0.5) is 0 Å². The van der Waals surface area contributed by atoms with E-state index in [9.17, 15) is 9.90 Å². The molecule has 0 aromatic rings. The number of rotatable bonds is 12. The van der Waals surface area contributed by atoms with E-state index in [2.05, 4.69) is 44.8 Å². The molecular formula is C17H36N2O2. The second-order valence-corrected chi connectivity index (χ2v) is 6.75. The van der Waals surface area contributed by atoms with E-state index in [0.29, 0.717) is 24.8 Å². The Balaban J connectivity index is 4.56. The smallest absolute Gasteiger partial charge is 0.323 e. The summed E-state index contributed by atoms with van der Waals surface area (Å²) < 4.78 is 0. The van der Waals surface area contributed by atoms with Crippen LogP contribution in [0.25, 0.3) is 0 Å². The monoisotopic (exact) mass is 300 g/mol. The average Bonchev–Trinajstić information content (AvgIpc) is 2.40. The standard InChI is InChI=1S/C17H36N2O2/c1-7-11-18-17(8-2,16(20)21)10-9-12-19(15(5)6)13-14(3)4/h14-15,18H,7-13H2,1-6H3,(H,20,21). The molecule has 0 saturated carbocycles. The summed E-state index contributed by atoms with van der Waals surface area (Å²) in [5.74, 6) is -0.0700. The van der Waals surface area contributed by atoms with Crippen LogP contribution in [0.2, 0.25) is 0 Å². The quantitative estimate of drug-likeness (QED) is 0.580. The maximum atomic E-state index is 11.7. The van der Waals surface area contributed by atoms with Gasteiger partial charge in [0.25, 0.3) is 0 Å². The van der Waals surface area contributed by atoms with E-state index < -0.39 is 11.5 Å². The second kappa shape index (κ2) is 10.2. The van der Waals surface area contributed by atoms with E-state index in [0.717, 1.165) is 32.5 Å². The lowest BCUT2D eigenvalue weighted by atomic mass is 9.90. The first-order valence-electron chi connectivity index (χ1n) is 8.51. The fourth-order valence-electron chi connectivity index (χ4n) is 2.70. The summed E-state index contributed by atoms with van der Waals surface area (Å²) in [6, 6.07) is 0.511. The third kappa shape index (κ3) is 7.28. The summed E-state index contributed by atoms with van der Waals surface area (Å²) in [6.45, 7) is 15.7. The lowest BCUT2D eigenvalue weighted by Gasteiger charge is -2.32. The maximum absolute atomic E-state index is 11.7. The van der Waals surface area contributed by atoms with Gasteiger partial charge in [-0.1, -0.05) is 27.7 Å². The number of carbonyl (C=O) groups is 1. The Labute approximate surface area is 131 Å². The molecule has 0 aliphatic carbocycles. The summed E-state index contributed by atoms with van der Waals surface area (Å²) in [7, 11) is 0. The fourth-order valence-corrected chi connectivity index (χ4v) is 2.70. The Morgan fingerprint density at radius 2 is 1.86 bits per heavy atom.